The van der Waals surface area contributed by atoms with Gasteiger partial charge in [0, 0.05) is 16.1 Å². The van der Waals surface area contributed by atoms with Crippen LogP contribution in [0.15, 0.2) is 42.5 Å². The summed E-state index contributed by atoms with van der Waals surface area (Å²) in [6, 6.07) is 14.2. The maximum absolute atomic E-state index is 6.05. The average Bonchev–Trinajstić information content (AvgIpc) is 2.44. The Morgan fingerprint density at radius 2 is 1.67 bits per heavy atom. The molecule has 0 bridgehead atoms. The SMILES string of the molecule is COc1ccc(Cl)cc1NC1CC(c2ccc(Cl)cc2)C1. The molecule has 3 rings (SSSR count). The summed E-state index contributed by atoms with van der Waals surface area (Å²) in [5.74, 6) is 1.43. The molecule has 0 spiro atoms. The van der Waals surface area contributed by atoms with E-state index in [4.69, 9.17) is 27.9 Å². The highest BCUT2D eigenvalue weighted by molar-refractivity contribution is 6.31. The number of methoxy groups -OCH3 is 1. The Kier molecular flexibility index (Phi) is 4.27. The lowest BCUT2D eigenvalue weighted by molar-refractivity contribution is 0.370. The molecule has 0 radical (unpaired) electrons. The van der Waals surface area contributed by atoms with E-state index in [1.54, 1.807) is 7.11 Å². The number of rotatable bonds is 4. The van der Waals surface area contributed by atoms with Gasteiger partial charge < -0.3 is 10.1 Å². The number of hydrogen-bond acceptors (Lipinski definition) is 2. The predicted octanol–water partition coefficient (Wildman–Crippen LogP) is 5.36. The van der Waals surface area contributed by atoms with Crippen molar-refractivity contribution in [1.82, 2.24) is 0 Å². The van der Waals surface area contributed by atoms with Crippen LogP contribution >= 0.6 is 23.2 Å². The highest BCUT2D eigenvalue weighted by Gasteiger charge is 2.30. The van der Waals surface area contributed by atoms with E-state index in [1.165, 1.54) is 5.56 Å². The molecule has 0 unspecified atom stereocenters. The van der Waals surface area contributed by atoms with Crippen molar-refractivity contribution in [2.75, 3.05) is 12.4 Å². The number of anilines is 1. The van der Waals surface area contributed by atoms with Gasteiger partial charge in [-0.15, -0.1) is 0 Å². The second kappa shape index (κ2) is 6.17. The zero-order valence-electron chi connectivity index (χ0n) is 11.8. The number of hydrogen-bond donors (Lipinski definition) is 1. The van der Waals surface area contributed by atoms with Crippen LogP contribution < -0.4 is 10.1 Å². The molecule has 2 nitrogen and oxygen atoms in total. The minimum Gasteiger partial charge on any atom is -0.495 e. The minimum absolute atomic E-state index is 0.457. The van der Waals surface area contributed by atoms with Gasteiger partial charge in [0.1, 0.15) is 5.75 Å². The summed E-state index contributed by atoms with van der Waals surface area (Å²) in [5, 5.41) is 5.02. The van der Waals surface area contributed by atoms with Gasteiger partial charge in [0.2, 0.25) is 0 Å². The zero-order chi connectivity index (χ0) is 14.8. The van der Waals surface area contributed by atoms with Crippen LogP contribution in [0.4, 0.5) is 5.69 Å². The van der Waals surface area contributed by atoms with Gasteiger partial charge in [-0.1, -0.05) is 35.3 Å². The molecule has 1 aliphatic carbocycles. The summed E-state index contributed by atoms with van der Waals surface area (Å²) < 4.78 is 5.36. The molecule has 0 aromatic heterocycles. The van der Waals surface area contributed by atoms with Crippen molar-refractivity contribution in [3.05, 3.63) is 58.1 Å². The zero-order valence-corrected chi connectivity index (χ0v) is 13.3. The molecule has 2 aromatic carbocycles. The standard InChI is InChI=1S/C17H17Cl2NO/c1-21-17-7-6-14(19)10-16(17)20-15-8-12(9-15)11-2-4-13(18)5-3-11/h2-7,10,12,15,20H,8-9H2,1H3. The van der Waals surface area contributed by atoms with E-state index in [1.807, 2.05) is 30.3 Å². The molecule has 0 saturated heterocycles. The second-order valence-corrected chi connectivity index (χ2v) is 6.28. The molecule has 0 heterocycles. The summed E-state index contributed by atoms with van der Waals surface area (Å²) >= 11 is 12.0. The van der Waals surface area contributed by atoms with Crippen molar-refractivity contribution < 1.29 is 4.74 Å². The van der Waals surface area contributed by atoms with E-state index in [0.29, 0.717) is 17.0 Å². The molecule has 21 heavy (non-hydrogen) atoms. The van der Waals surface area contributed by atoms with Crippen molar-refractivity contribution >= 4 is 28.9 Å². The molecule has 0 aliphatic heterocycles. The van der Waals surface area contributed by atoms with Gasteiger partial charge in [0.15, 0.2) is 0 Å². The van der Waals surface area contributed by atoms with Crippen LogP contribution in [-0.2, 0) is 0 Å². The molecule has 1 fully saturated rings. The molecule has 2 aromatic rings. The number of ether oxygens (including phenoxy) is 1. The lowest BCUT2D eigenvalue weighted by Gasteiger charge is -2.37. The van der Waals surface area contributed by atoms with Crippen LogP contribution in [0.5, 0.6) is 5.75 Å². The first-order valence-electron chi connectivity index (χ1n) is 7.01. The van der Waals surface area contributed by atoms with Gasteiger partial charge in [-0.2, -0.15) is 0 Å². The largest absolute Gasteiger partial charge is 0.495 e. The van der Waals surface area contributed by atoms with Crippen molar-refractivity contribution in [2.24, 2.45) is 0 Å². The first-order valence-corrected chi connectivity index (χ1v) is 7.77. The normalized spacial score (nSPS) is 20.7. The Morgan fingerprint density at radius 1 is 1.00 bits per heavy atom. The molecule has 110 valence electrons. The Labute approximate surface area is 135 Å². The quantitative estimate of drug-likeness (QED) is 0.818. The topological polar surface area (TPSA) is 21.3 Å². The van der Waals surface area contributed by atoms with Crippen molar-refractivity contribution in [2.45, 2.75) is 24.8 Å². The van der Waals surface area contributed by atoms with Crippen LogP contribution in [0.1, 0.15) is 24.3 Å². The minimum atomic E-state index is 0.457. The molecule has 1 N–H and O–H groups in total. The number of nitrogens with one attached hydrogen (secondary N) is 1. The van der Waals surface area contributed by atoms with Crippen molar-refractivity contribution in [3.63, 3.8) is 0 Å². The van der Waals surface area contributed by atoms with E-state index in [9.17, 15) is 0 Å². The lowest BCUT2D eigenvalue weighted by Crippen LogP contribution is -2.34. The van der Waals surface area contributed by atoms with Gasteiger partial charge in [-0.05, 0) is 54.7 Å². The fraction of sp³-hybridized carbons (Fsp3) is 0.294. The summed E-state index contributed by atoms with van der Waals surface area (Å²) in [7, 11) is 1.67. The molecule has 0 atom stereocenters. The first kappa shape index (κ1) is 14.6. The van der Waals surface area contributed by atoms with Crippen LogP contribution in [0.2, 0.25) is 10.0 Å². The van der Waals surface area contributed by atoms with E-state index in [2.05, 4.69) is 17.4 Å². The number of benzene rings is 2. The second-order valence-electron chi connectivity index (χ2n) is 5.41. The average molecular weight is 322 g/mol. The van der Waals surface area contributed by atoms with Crippen LogP contribution in [0.3, 0.4) is 0 Å². The fourth-order valence-electron chi connectivity index (χ4n) is 2.76. The summed E-state index contributed by atoms with van der Waals surface area (Å²) in [6.07, 6.45) is 2.22. The van der Waals surface area contributed by atoms with E-state index in [-0.39, 0.29) is 0 Å². The Balaban J connectivity index is 1.62. The Morgan fingerprint density at radius 3 is 2.33 bits per heavy atom. The van der Waals surface area contributed by atoms with Gasteiger partial charge in [-0.3, -0.25) is 0 Å². The van der Waals surface area contributed by atoms with Gasteiger partial charge in [-0.25, -0.2) is 0 Å². The van der Waals surface area contributed by atoms with Crippen molar-refractivity contribution in [1.29, 1.82) is 0 Å². The van der Waals surface area contributed by atoms with Crippen LogP contribution in [0, 0.1) is 0 Å². The third-order valence-corrected chi connectivity index (χ3v) is 4.49. The third-order valence-electron chi connectivity index (χ3n) is 4.00. The van der Waals surface area contributed by atoms with Gasteiger partial charge >= 0.3 is 0 Å². The fourth-order valence-corrected chi connectivity index (χ4v) is 3.05. The van der Waals surface area contributed by atoms with Gasteiger partial charge in [0.25, 0.3) is 0 Å². The van der Waals surface area contributed by atoms with E-state index < -0.39 is 0 Å². The molecule has 0 amide bonds. The summed E-state index contributed by atoms with van der Waals surface area (Å²) in [6.45, 7) is 0. The predicted molar refractivity (Wildman–Crippen MR) is 88.8 cm³/mol. The smallest absolute Gasteiger partial charge is 0.142 e. The maximum Gasteiger partial charge on any atom is 0.142 e. The summed E-state index contributed by atoms with van der Waals surface area (Å²) in [5.41, 5.74) is 2.32. The highest BCUT2D eigenvalue weighted by atomic mass is 35.5. The molecular weight excluding hydrogens is 305 g/mol. The summed E-state index contributed by atoms with van der Waals surface area (Å²) in [4.78, 5) is 0. The Bertz CT molecular complexity index is 621. The van der Waals surface area contributed by atoms with Crippen LogP contribution in [-0.4, -0.2) is 13.2 Å². The van der Waals surface area contributed by atoms with E-state index >= 15 is 0 Å². The molecule has 1 saturated carbocycles. The monoisotopic (exact) mass is 321 g/mol. The van der Waals surface area contributed by atoms with Crippen molar-refractivity contribution in [3.8, 4) is 5.75 Å². The van der Waals surface area contributed by atoms with Gasteiger partial charge in [0.05, 0.1) is 12.8 Å². The third kappa shape index (κ3) is 3.28. The van der Waals surface area contributed by atoms with Crippen LogP contribution in [0.25, 0.3) is 0 Å². The Hall–Kier alpha value is -1.38. The molecule has 4 heteroatoms. The highest BCUT2D eigenvalue weighted by Crippen LogP contribution is 2.40. The molecule has 1 aliphatic rings. The molecular formula is C17H17Cl2NO. The lowest BCUT2D eigenvalue weighted by atomic mass is 9.76. The number of halogens is 2. The first-order chi connectivity index (χ1) is 10.2. The maximum atomic E-state index is 6.05. The van der Waals surface area contributed by atoms with E-state index in [0.717, 1.165) is 29.3 Å².